The first kappa shape index (κ1) is 83.0. The molecule has 4 rings (SSSR count). The third kappa shape index (κ3) is 22.3. The highest BCUT2D eigenvalue weighted by Gasteiger charge is 2.51. The Morgan fingerprint density at radius 2 is 0.949 bits per heavy atom. The van der Waals surface area contributed by atoms with Crippen molar-refractivity contribution < 1.29 is 132 Å². The maximum absolute atomic E-state index is 15.1. The van der Waals surface area contributed by atoms with Crippen LogP contribution < -0.4 is 53.6 Å². The first-order valence-corrected chi connectivity index (χ1v) is 32.2. The zero-order valence-corrected chi connectivity index (χ0v) is 56.1. The largest absolute Gasteiger partial charge is 0.481 e. The quantitative estimate of drug-likeness (QED) is 0.0284. The standard InChI is InChI=1S/C59H98N12O27/c1-11-22(2)37(52(89)67-40(25(5)75)53(90)65-38(23(3)73)49(60)86)64-50(87)33-15-13-19-71(33)57(94)41(26(6)76)68-55(92)42(69-54(91)39(24(4)74)66-51(88)32-14-12-18-70(32)56(93)31(61-28(8)77)16-17-36(80)81)27(7)96-59-44(63-30(10)79)48(85)46(83)35(98-59)21-95-58-43(62-29(9)78)47(84)45(82)34(20-72)97-58/h22-27,31-35,37-48,58-59,72-76,82-85H,11-21H2,1-10H3,(H2,60,86)(H,61,77)(H,62,78)(H,63,79)(H,64,87)(H,65,90)(H,66,88)(H,67,89)(H,68,92)(H,69,91)(H,80,81)/t22-,23+,24+,25+,26+,27+,31-,32-,33-,34+,35+,37-,38-,39-,40-,41-,42-,43+,44+,45+,46-,47+,48+,58+,59-/m0/s1. The highest BCUT2D eigenvalue weighted by molar-refractivity contribution is 5.99. The fourth-order valence-corrected chi connectivity index (χ4v) is 11.6. The van der Waals surface area contributed by atoms with Crippen molar-refractivity contribution in [2.75, 3.05) is 26.3 Å². The number of carbonyl (C=O) groups is 13. The fourth-order valence-electron chi connectivity index (χ4n) is 11.6. The number of nitrogens with zero attached hydrogens (tertiary/aromatic N) is 2. The molecule has 556 valence electrons. The van der Waals surface area contributed by atoms with Gasteiger partial charge in [0, 0.05) is 40.3 Å². The summed E-state index contributed by atoms with van der Waals surface area (Å²) in [7, 11) is 0. The van der Waals surface area contributed by atoms with Crippen molar-refractivity contribution in [2.45, 2.75) is 260 Å². The number of hydrogen-bond acceptors (Lipinski definition) is 26. The van der Waals surface area contributed by atoms with Crippen LogP contribution in [-0.4, -0.2) is 310 Å². The van der Waals surface area contributed by atoms with Crippen LogP contribution in [0.2, 0.25) is 0 Å². The minimum Gasteiger partial charge on any atom is -0.481 e. The number of aliphatic hydroxyl groups is 9. The number of ether oxygens (including phenoxy) is 4. The SMILES string of the molecule is CC[C@H](C)[C@H](NC(=O)[C@@H]1CCCN1C(=O)[C@@H](NC(=O)[C@@H](NC(=O)[C@@H](NC(=O)[C@@H]1CCCN1C(=O)[C@H](CCC(=O)O)NC(C)=O)[C@@H](C)O)[C@@H](C)O[C@H]1O[C@H](CO[C@@H]2O[C@H](CO)[C@@H](O)[C@H](O)[C@H]2NC(C)=O)[C@H](O)[C@H](O)[C@H]1NC(C)=O)[C@@H](C)O)C(=O)N[C@H](C(=O)N[C@H](C(N)=O)[C@@H](C)O)[C@@H](C)O. The summed E-state index contributed by atoms with van der Waals surface area (Å²) in [5, 5.41) is 128. The Hall–Kier alpha value is -7.41. The molecule has 0 aromatic rings. The van der Waals surface area contributed by atoms with Gasteiger partial charge in [-0.3, -0.25) is 62.3 Å². The van der Waals surface area contributed by atoms with Gasteiger partial charge in [-0.05, 0) is 72.6 Å². The van der Waals surface area contributed by atoms with Gasteiger partial charge in [0.25, 0.3) is 0 Å². The first-order valence-electron chi connectivity index (χ1n) is 32.2. The van der Waals surface area contributed by atoms with Crippen LogP contribution in [0.25, 0.3) is 0 Å². The fraction of sp³-hybridized carbons (Fsp3) is 0.780. The molecule has 4 saturated heterocycles. The molecule has 39 nitrogen and oxygen atoms in total. The molecule has 0 spiro atoms. The molecule has 0 saturated carbocycles. The van der Waals surface area contributed by atoms with Crippen LogP contribution >= 0.6 is 0 Å². The lowest BCUT2D eigenvalue weighted by atomic mass is 9.96. The van der Waals surface area contributed by atoms with E-state index in [1.165, 1.54) is 0 Å². The molecule has 0 bridgehead atoms. The van der Waals surface area contributed by atoms with Crippen molar-refractivity contribution in [3.05, 3.63) is 0 Å². The number of carbonyl (C=O) groups excluding carboxylic acids is 12. The zero-order chi connectivity index (χ0) is 74.1. The van der Waals surface area contributed by atoms with Gasteiger partial charge in [-0.1, -0.05) is 20.3 Å². The van der Waals surface area contributed by atoms with E-state index in [1.54, 1.807) is 13.8 Å². The molecule has 0 aromatic heterocycles. The van der Waals surface area contributed by atoms with Crippen molar-refractivity contribution in [3.63, 3.8) is 0 Å². The number of primary amides is 1. The lowest BCUT2D eigenvalue weighted by molar-refractivity contribution is -0.308. The van der Waals surface area contributed by atoms with Gasteiger partial charge in [-0.15, -0.1) is 0 Å². The van der Waals surface area contributed by atoms with E-state index in [4.69, 9.17) is 24.7 Å². The summed E-state index contributed by atoms with van der Waals surface area (Å²) in [5.41, 5.74) is 5.31. The van der Waals surface area contributed by atoms with E-state index >= 15 is 4.79 Å². The molecule has 0 unspecified atom stereocenters. The second-order valence-electron chi connectivity index (χ2n) is 25.1. The van der Waals surface area contributed by atoms with Crippen LogP contribution in [0.15, 0.2) is 0 Å². The molecule has 4 aliphatic rings. The second-order valence-corrected chi connectivity index (χ2v) is 25.1. The van der Waals surface area contributed by atoms with Gasteiger partial charge < -0.3 is 133 Å². The number of carboxylic acids is 1. The van der Waals surface area contributed by atoms with Crippen LogP contribution in [0.1, 0.15) is 114 Å². The van der Waals surface area contributed by atoms with Gasteiger partial charge in [-0.25, -0.2) is 0 Å². The van der Waals surface area contributed by atoms with Crippen LogP contribution in [0, 0.1) is 5.92 Å². The molecular weight excluding hydrogens is 1310 g/mol. The minimum absolute atomic E-state index is 0.0332. The van der Waals surface area contributed by atoms with Gasteiger partial charge >= 0.3 is 5.97 Å². The highest BCUT2D eigenvalue weighted by atomic mass is 16.7. The molecule has 4 heterocycles. The number of likely N-dealkylation sites (tertiary alicyclic amines) is 2. The molecule has 39 heteroatoms. The van der Waals surface area contributed by atoms with Gasteiger partial charge in [0.05, 0.1) is 43.7 Å². The lowest BCUT2D eigenvalue weighted by Gasteiger charge is -2.45. The zero-order valence-electron chi connectivity index (χ0n) is 56.1. The van der Waals surface area contributed by atoms with Crippen LogP contribution in [0.3, 0.4) is 0 Å². The predicted molar refractivity (Wildman–Crippen MR) is 331 cm³/mol. The second kappa shape index (κ2) is 37.7. The summed E-state index contributed by atoms with van der Waals surface area (Å²) < 4.78 is 23.7. The summed E-state index contributed by atoms with van der Waals surface area (Å²) in [6.45, 7) is 9.94. The van der Waals surface area contributed by atoms with Gasteiger partial charge in [0.2, 0.25) is 70.9 Å². The third-order valence-corrected chi connectivity index (χ3v) is 17.2. The highest BCUT2D eigenvalue weighted by Crippen LogP contribution is 2.29. The Balaban J connectivity index is 1.74. The number of hydrogen-bond donors (Lipinski definition) is 20. The minimum atomic E-state index is -2.20. The van der Waals surface area contributed by atoms with E-state index in [9.17, 15) is 109 Å². The molecule has 98 heavy (non-hydrogen) atoms. The van der Waals surface area contributed by atoms with E-state index in [-0.39, 0.29) is 51.6 Å². The molecule has 25 atom stereocenters. The summed E-state index contributed by atoms with van der Waals surface area (Å²) in [6, 6.07) is -18.6. The van der Waals surface area contributed by atoms with Crippen molar-refractivity contribution in [2.24, 2.45) is 11.7 Å². The number of carboxylic acid groups (broad SMARTS) is 1. The van der Waals surface area contributed by atoms with E-state index < -0.39 is 249 Å². The monoisotopic (exact) mass is 1410 g/mol. The number of nitrogens with one attached hydrogen (secondary N) is 9. The van der Waals surface area contributed by atoms with Gasteiger partial charge in [0.15, 0.2) is 12.6 Å². The average molecular weight is 1410 g/mol. The van der Waals surface area contributed by atoms with Crippen LogP contribution in [0.4, 0.5) is 0 Å². The number of nitrogens with two attached hydrogens (primary N) is 1. The normalized spacial score (nSPS) is 27.9. The molecule has 0 aromatic carbocycles. The maximum Gasteiger partial charge on any atom is 0.303 e. The Kier molecular flexibility index (Phi) is 31.9. The Bertz CT molecular complexity index is 2820. The van der Waals surface area contributed by atoms with E-state index in [0.717, 1.165) is 65.2 Å². The van der Waals surface area contributed by atoms with Crippen molar-refractivity contribution >= 4 is 76.9 Å². The summed E-state index contributed by atoms with van der Waals surface area (Å²) >= 11 is 0. The molecular formula is C59H98N12O27. The Morgan fingerprint density at radius 1 is 0.531 bits per heavy atom. The average Bonchev–Trinajstić information content (AvgIpc) is 0.886. The van der Waals surface area contributed by atoms with Crippen molar-refractivity contribution in [1.29, 1.82) is 0 Å². The summed E-state index contributed by atoms with van der Waals surface area (Å²) in [4.78, 5) is 177. The lowest BCUT2D eigenvalue weighted by Crippen LogP contribution is -2.68. The third-order valence-electron chi connectivity index (χ3n) is 17.2. The van der Waals surface area contributed by atoms with E-state index in [1.807, 2.05) is 0 Å². The molecule has 12 amide bonds. The number of amides is 12. The number of aliphatic carboxylic acids is 1. The smallest absolute Gasteiger partial charge is 0.303 e. The molecule has 0 radical (unpaired) electrons. The maximum atomic E-state index is 15.1. The molecule has 21 N–H and O–H groups in total. The van der Waals surface area contributed by atoms with Crippen molar-refractivity contribution in [3.8, 4) is 0 Å². The Labute approximate surface area is 563 Å². The van der Waals surface area contributed by atoms with E-state index in [0.29, 0.717) is 0 Å². The predicted octanol–water partition coefficient (Wildman–Crippen LogP) is -10.4. The topological polar surface area (TPSA) is 602 Å². The summed E-state index contributed by atoms with van der Waals surface area (Å²) in [6.07, 6.45) is -23.6. The van der Waals surface area contributed by atoms with Gasteiger partial charge in [-0.2, -0.15) is 0 Å². The Morgan fingerprint density at radius 3 is 1.41 bits per heavy atom. The number of rotatable bonds is 34. The molecule has 4 fully saturated rings. The number of aliphatic hydroxyl groups excluding tert-OH is 9. The van der Waals surface area contributed by atoms with Gasteiger partial charge in [0.1, 0.15) is 103 Å². The first-order chi connectivity index (χ1) is 45.8. The molecule has 0 aliphatic carbocycles. The van der Waals surface area contributed by atoms with Crippen molar-refractivity contribution in [1.82, 2.24) is 57.7 Å². The van der Waals surface area contributed by atoms with E-state index in [2.05, 4.69) is 47.9 Å². The molecule has 4 aliphatic heterocycles. The summed E-state index contributed by atoms with van der Waals surface area (Å²) in [5.74, 6) is -14.3. The van der Waals surface area contributed by atoms with Crippen LogP contribution in [-0.2, 0) is 81.3 Å². The van der Waals surface area contributed by atoms with Crippen LogP contribution in [0.5, 0.6) is 0 Å².